The molecule has 1 unspecified atom stereocenters. The van der Waals surface area contributed by atoms with Crippen LogP contribution in [0.5, 0.6) is 5.75 Å². The van der Waals surface area contributed by atoms with E-state index in [1.807, 2.05) is 36.4 Å². The number of carbonyl (C=O) groups is 2. The van der Waals surface area contributed by atoms with Gasteiger partial charge in [-0.3, -0.25) is 9.59 Å². The summed E-state index contributed by atoms with van der Waals surface area (Å²) >= 11 is 0. The third kappa shape index (κ3) is 6.72. The summed E-state index contributed by atoms with van der Waals surface area (Å²) in [6.45, 7) is 0.600. The van der Waals surface area contributed by atoms with Crippen LogP contribution in [-0.4, -0.2) is 31.0 Å². The minimum Gasteiger partial charge on any atom is -0.497 e. The highest BCUT2D eigenvalue weighted by molar-refractivity contribution is 5.80. The van der Waals surface area contributed by atoms with Crippen LogP contribution in [-0.2, 0) is 16.0 Å². The van der Waals surface area contributed by atoms with Gasteiger partial charge in [0.2, 0.25) is 11.8 Å². The van der Waals surface area contributed by atoms with Crippen LogP contribution in [0.4, 0.5) is 0 Å². The standard InChI is InChI=1S/C30H34N2O3/c1-35-26-14-8-9-23(21-26)22-30(19-16-29(34)32-30)18-15-28(33)31-20-17-27(24-10-4-2-5-11-24)25-12-6-3-7-13-25/h2-14,21,27H,15-20,22H2,1H3,(H,31,33)(H,32,34). The summed E-state index contributed by atoms with van der Waals surface area (Å²) in [5, 5.41) is 6.28. The second kappa shape index (κ2) is 11.7. The van der Waals surface area contributed by atoms with E-state index in [0.29, 0.717) is 32.2 Å². The van der Waals surface area contributed by atoms with E-state index in [2.05, 4.69) is 59.2 Å². The van der Waals surface area contributed by atoms with E-state index in [4.69, 9.17) is 4.74 Å². The van der Waals surface area contributed by atoms with Crippen molar-refractivity contribution in [2.45, 2.75) is 50.0 Å². The molecule has 1 fully saturated rings. The van der Waals surface area contributed by atoms with Crippen molar-refractivity contribution in [3.8, 4) is 5.75 Å². The van der Waals surface area contributed by atoms with Crippen molar-refractivity contribution < 1.29 is 14.3 Å². The zero-order chi connectivity index (χ0) is 24.5. The Morgan fingerprint density at radius 1 is 1.00 bits per heavy atom. The number of nitrogens with one attached hydrogen (secondary N) is 2. The lowest BCUT2D eigenvalue weighted by Crippen LogP contribution is -2.44. The summed E-state index contributed by atoms with van der Waals surface area (Å²) in [4.78, 5) is 24.9. The Kier molecular flexibility index (Phi) is 8.19. The van der Waals surface area contributed by atoms with Crippen LogP contribution in [0, 0.1) is 0 Å². The summed E-state index contributed by atoms with van der Waals surface area (Å²) in [6, 6.07) is 28.8. The molecule has 1 aliphatic rings. The molecular formula is C30H34N2O3. The van der Waals surface area contributed by atoms with Crippen molar-refractivity contribution >= 4 is 11.8 Å². The van der Waals surface area contributed by atoms with Gasteiger partial charge in [-0.05, 0) is 54.5 Å². The lowest BCUT2D eigenvalue weighted by Gasteiger charge is -2.29. The van der Waals surface area contributed by atoms with Crippen molar-refractivity contribution in [1.29, 1.82) is 0 Å². The molecule has 182 valence electrons. The van der Waals surface area contributed by atoms with E-state index in [1.165, 1.54) is 11.1 Å². The van der Waals surface area contributed by atoms with Crippen molar-refractivity contribution in [3.05, 3.63) is 102 Å². The van der Waals surface area contributed by atoms with E-state index in [9.17, 15) is 9.59 Å². The largest absolute Gasteiger partial charge is 0.497 e. The number of rotatable bonds is 11. The molecule has 5 nitrogen and oxygen atoms in total. The van der Waals surface area contributed by atoms with Gasteiger partial charge in [0.15, 0.2) is 0 Å². The molecule has 1 saturated heterocycles. The van der Waals surface area contributed by atoms with Gasteiger partial charge in [-0.2, -0.15) is 0 Å². The molecule has 0 saturated carbocycles. The zero-order valence-electron chi connectivity index (χ0n) is 20.3. The Morgan fingerprint density at radius 3 is 2.29 bits per heavy atom. The van der Waals surface area contributed by atoms with Gasteiger partial charge in [0, 0.05) is 30.8 Å². The molecule has 0 aromatic heterocycles. The van der Waals surface area contributed by atoms with Gasteiger partial charge in [-0.15, -0.1) is 0 Å². The number of benzene rings is 3. The molecule has 2 N–H and O–H groups in total. The third-order valence-corrected chi connectivity index (χ3v) is 6.90. The molecule has 5 heteroatoms. The third-order valence-electron chi connectivity index (χ3n) is 6.90. The van der Waals surface area contributed by atoms with Gasteiger partial charge in [-0.25, -0.2) is 0 Å². The number of carbonyl (C=O) groups excluding carboxylic acids is 2. The van der Waals surface area contributed by atoms with Crippen LogP contribution in [0.3, 0.4) is 0 Å². The maximum Gasteiger partial charge on any atom is 0.220 e. The highest BCUT2D eigenvalue weighted by atomic mass is 16.5. The molecule has 3 aromatic rings. The van der Waals surface area contributed by atoms with E-state index >= 15 is 0 Å². The minimum atomic E-state index is -0.391. The highest BCUT2D eigenvalue weighted by Gasteiger charge is 2.37. The predicted octanol–water partition coefficient (Wildman–Crippen LogP) is 5.01. The molecule has 0 radical (unpaired) electrons. The lowest BCUT2D eigenvalue weighted by atomic mass is 9.85. The zero-order valence-corrected chi connectivity index (χ0v) is 20.3. The highest BCUT2D eigenvalue weighted by Crippen LogP contribution is 2.31. The molecule has 0 bridgehead atoms. The number of methoxy groups -OCH3 is 1. The SMILES string of the molecule is COc1cccc(CC2(CCC(=O)NCCC(c3ccccc3)c3ccccc3)CCC(=O)N2)c1. The minimum absolute atomic E-state index is 0.0241. The van der Waals surface area contributed by atoms with Gasteiger partial charge >= 0.3 is 0 Å². The molecule has 0 spiro atoms. The topological polar surface area (TPSA) is 67.4 Å². The summed E-state index contributed by atoms with van der Waals surface area (Å²) in [7, 11) is 1.65. The second-order valence-corrected chi connectivity index (χ2v) is 9.37. The van der Waals surface area contributed by atoms with E-state index < -0.39 is 5.54 Å². The normalized spacial score (nSPS) is 17.3. The van der Waals surface area contributed by atoms with Crippen LogP contribution in [0.25, 0.3) is 0 Å². The van der Waals surface area contributed by atoms with Crippen LogP contribution in [0.2, 0.25) is 0 Å². The first-order valence-corrected chi connectivity index (χ1v) is 12.4. The van der Waals surface area contributed by atoms with Crippen molar-refractivity contribution in [2.24, 2.45) is 0 Å². The summed E-state index contributed by atoms with van der Waals surface area (Å²) in [5.41, 5.74) is 3.20. The quantitative estimate of drug-likeness (QED) is 0.414. The van der Waals surface area contributed by atoms with Crippen molar-refractivity contribution in [3.63, 3.8) is 0 Å². The fraction of sp³-hybridized carbons (Fsp3) is 0.333. The van der Waals surface area contributed by atoms with Crippen LogP contribution in [0.1, 0.15) is 54.7 Å². The first kappa shape index (κ1) is 24.5. The summed E-state index contributed by atoms with van der Waals surface area (Å²) in [5.74, 6) is 1.11. The maximum absolute atomic E-state index is 12.8. The molecule has 2 amide bonds. The number of amides is 2. The lowest BCUT2D eigenvalue weighted by molar-refractivity contribution is -0.122. The van der Waals surface area contributed by atoms with E-state index in [1.54, 1.807) is 7.11 Å². The molecule has 4 rings (SSSR count). The van der Waals surface area contributed by atoms with Crippen LogP contribution >= 0.6 is 0 Å². The predicted molar refractivity (Wildman–Crippen MR) is 138 cm³/mol. The smallest absolute Gasteiger partial charge is 0.220 e. The fourth-order valence-electron chi connectivity index (χ4n) is 5.05. The molecular weight excluding hydrogens is 436 g/mol. The Balaban J connectivity index is 1.34. The van der Waals surface area contributed by atoms with Crippen LogP contribution in [0.15, 0.2) is 84.9 Å². The van der Waals surface area contributed by atoms with Gasteiger partial charge in [0.05, 0.1) is 7.11 Å². The molecule has 1 heterocycles. The molecule has 3 aromatic carbocycles. The van der Waals surface area contributed by atoms with E-state index in [-0.39, 0.29) is 17.7 Å². The van der Waals surface area contributed by atoms with Gasteiger partial charge in [0.25, 0.3) is 0 Å². The number of hydrogen-bond acceptors (Lipinski definition) is 3. The van der Waals surface area contributed by atoms with Crippen molar-refractivity contribution in [1.82, 2.24) is 10.6 Å². The average Bonchev–Trinajstić information content (AvgIpc) is 3.26. The Bertz CT molecular complexity index is 1080. The van der Waals surface area contributed by atoms with Gasteiger partial charge < -0.3 is 15.4 Å². The molecule has 1 atom stereocenters. The van der Waals surface area contributed by atoms with Gasteiger partial charge in [0.1, 0.15) is 5.75 Å². The second-order valence-electron chi connectivity index (χ2n) is 9.37. The molecule has 1 aliphatic heterocycles. The number of ether oxygens (including phenoxy) is 1. The number of hydrogen-bond donors (Lipinski definition) is 2. The summed E-state index contributed by atoms with van der Waals surface area (Å²) in [6.07, 6.45) is 3.74. The molecule has 0 aliphatic carbocycles. The Hall–Kier alpha value is -3.60. The monoisotopic (exact) mass is 470 g/mol. The average molecular weight is 471 g/mol. The van der Waals surface area contributed by atoms with Crippen molar-refractivity contribution in [2.75, 3.05) is 13.7 Å². The van der Waals surface area contributed by atoms with Gasteiger partial charge in [-0.1, -0.05) is 72.8 Å². The Labute approximate surface area is 207 Å². The first-order chi connectivity index (χ1) is 17.1. The fourth-order valence-corrected chi connectivity index (χ4v) is 5.05. The summed E-state index contributed by atoms with van der Waals surface area (Å²) < 4.78 is 5.35. The van der Waals surface area contributed by atoms with E-state index in [0.717, 1.165) is 24.2 Å². The molecule has 35 heavy (non-hydrogen) atoms. The first-order valence-electron chi connectivity index (χ1n) is 12.4. The maximum atomic E-state index is 12.8. The Morgan fingerprint density at radius 2 is 1.69 bits per heavy atom. The van der Waals surface area contributed by atoms with Crippen LogP contribution < -0.4 is 15.4 Å².